The largest absolute Gasteiger partial charge is 0.394 e. The molecule has 3 aliphatic rings. The van der Waals surface area contributed by atoms with E-state index >= 15 is 0 Å². The van der Waals surface area contributed by atoms with Crippen molar-refractivity contribution in [2.45, 2.75) is 99.0 Å². The number of rotatable bonds is 6. The minimum Gasteiger partial charge on any atom is -0.394 e. The van der Waals surface area contributed by atoms with Crippen LogP contribution in [-0.2, 0) is 23.7 Å². The second-order valence-electron chi connectivity index (χ2n) is 8.36. The molecular weight excluding hydrogens is 456 g/mol. The molecule has 15 heteroatoms. The average Bonchev–Trinajstić information content (AvgIpc) is 2.79. The molecule has 1 unspecified atom stereocenters. The monoisotopic (exact) mass is 488 g/mol. The third kappa shape index (κ3) is 5.48. The first-order chi connectivity index (χ1) is 15.5. The Labute approximate surface area is 187 Å². The summed E-state index contributed by atoms with van der Waals surface area (Å²) in [4.78, 5) is 0. The molecule has 10 N–H and O–H groups in total. The lowest BCUT2D eigenvalue weighted by Crippen LogP contribution is -2.64. The van der Waals surface area contributed by atoms with Gasteiger partial charge in [0.25, 0.3) is 0 Å². The molecule has 0 amide bonds. The highest BCUT2D eigenvalue weighted by molar-refractivity contribution is 4.94. The first-order valence-electron chi connectivity index (χ1n) is 10.4. The summed E-state index contributed by atoms with van der Waals surface area (Å²) in [7, 11) is 0. The molecule has 0 aromatic heterocycles. The number of hydrogen-bond donors (Lipinski definition) is 10. The molecule has 0 aromatic rings. The van der Waals surface area contributed by atoms with Gasteiger partial charge in [-0.2, -0.15) is 0 Å². The Morgan fingerprint density at radius 1 is 0.606 bits per heavy atom. The quantitative estimate of drug-likeness (QED) is 0.167. The Morgan fingerprint density at radius 3 is 1.82 bits per heavy atom. The molecule has 0 bridgehead atoms. The van der Waals surface area contributed by atoms with Crippen LogP contribution in [-0.4, -0.2) is 156 Å². The maximum atomic E-state index is 10.4. The van der Waals surface area contributed by atoms with Gasteiger partial charge in [0.1, 0.15) is 67.1 Å². The lowest BCUT2D eigenvalue weighted by atomic mass is 9.97. The summed E-state index contributed by atoms with van der Waals surface area (Å²) in [5.41, 5.74) is 0. The van der Waals surface area contributed by atoms with Gasteiger partial charge in [-0.05, 0) is 6.92 Å². The Morgan fingerprint density at radius 2 is 1.18 bits per heavy atom. The fourth-order valence-electron chi connectivity index (χ4n) is 3.88. The zero-order valence-corrected chi connectivity index (χ0v) is 17.6. The first kappa shape index (κ1) is 27.0. The first-order valence-corrected chi connectivity index (χ1v) is 10.4. The lowest BCUT2D eigenvalue weighted by molar-refractivity contribution is -0.366. The van der Waals surface area contributed by atoms with Gasteiger partial charge in [0, 0.05) is 0 Å². The predicted molar refractivity (Wildman–Crippen MR) is 99.8 cm³/mol. The van der Waals surface area contributed by atoms with Crippen LogP contribution in [0.5, 0.6) is 0 Å². The van der Waals surface area contributed by atoms with Crippen molar-refractivity contribution in [2.24, 2.45) is 0 Å². The average molecular weight is 488 g/mol. The highest BCUT2D eigenvalue weighted by atomic mass is 16.7. The van der Waals surface area contributed by atoms with Crippen molar-refractivity contribution in [3.8, 4) is 0 Å². The molecule has 0 radical (unpaired) electrons. The van der Waals surface area contributed by atoms with Gasteiger partial charge in [0.2, 0.25) is 0 Å². The van der Waals surface area contributed by atoms with Crippen molar-refractivity contribution in [1.29, 1.82) is 0 Å². The molecule has 3 heterocycles. The molecule has 3 rings (SSSR count). The maximum absolute atomic E-state index is 10.4. The van der Waals surface area contributed by atoms with E-state index < -0.39 is 105 Å². The molecule has 15 nitrogen and oxygen atoms in total. The van der Waals surface area contributed by atoms with Crippen LogP contribution in [0.1, 0.15) is 6.92 Å². The molecule has 0 spiro atoms. The van der Waals surface area contributed by atoms with Gasteiger partial charge in [0.05, 0.1) is 19.3 Å². The Bertz CT molecular complexity index is 624. The zero-order valence-electron chi connectivity index (χ0n) is 17.6. The molecule has 3 aliphatic heterocycles. The van der Waals surface area contributed by atoms with Crippen LogP contribution in [0.15, 0.2) is 0 Å². The fraction of sp³-hybridized carbons (Fsp3) is 1.00. The van der Waals surface area contributed by atoms with Gasteiger partial charge in [0.15, 0.2) is 18.9 Å². The highest BCUT2D eigenvalue weighted by Gasteiger charge is 2.51. The summed E-state index contributed by atoms with van der Waals surface area (Å²) in [5, 5.41) is 99.5. The summed E-state index contributed by atoms with van der Waals surface area (Å²) < 4.78 is 26.2. The van der Waals surface area contributed by atoms with Crippen molar-refractivity contribution >= 4 is 0 Å². The molecule has 194 valence electrons. The van der Waals surface area contributed by atoms with E-state index in [0.717, 1.165) is 0 Å². The van der Waals surface area contributed by atoms with Gasteiger partial charge < -0.3 is 74.7 Å². The standard InChI is InChI=1S/C18H32O15/c1-4-7(20)10(23)13(26)17(30-4)29-3-6-9(22)12(25)15(16(28)31-6)33-18-14(27)11(24)8(21)5(2-19)32-18/h4-28H,2-3H2,1H3/t4-,5+,6+,7-,8-,9+,10+,11-,12-,13+,14+,15+,16?,17+,18-/m0/s1. The van der Waals surface area contributed by atoms with Crippen molar-refractivity contribution in [3.63, 3.8) is 0 Å². The van der Waals surface area contributed by atoms with Gasteiger partial charge in [-0.15, -0.1) is 0 Å². The molecule has 0 saturated carbocycles. The third-order valence-corrected chi connectivity index (χ3v) is 6.04. The predicted octanol–water partition coefficient (Wildman–Crippen LogP) is -6.55. The third-order valence-electron chi connectivity index (χ3n) is 6.04. The van der Waals surface area contributed by atoms with Gasteiger partial charge >= 0.3 is 0 Å². The Hall–Kier alpha value is -0.600. The molecule has 3 fully saturated rings. The molecule has 33 heavy (non-hydrogen) atoms. The minimum absolute atomic E-state index is 0.515. The molecule has 3 saturated heterocycles. The SMILES string of the molecule is C[C@@H]1O[C@@H](OC[C@H]2OC(O)[C@H](O[C@@H]3O[C@H](CO)[C@H](O)[C@H](O)[C@H]3O)[C@@H](O)[C@@H]2O)[C@H](O)[C@H](O)[C@H]1O. The topological polar surface area (TPSA) is 248 Å². The highest BCUT2D eigenvalue weighted by Crippen LogP contribution is 2.29. The van der Waals surface area contributed by atoms with Gasteiger partial charge in [-0.3, -0.25) is 0 Å². The summed E-state index contributed by atoms with van der Waals surface area (Å²) >= 11 is 0. The lowest BCUT2D eigenvalue weighted by Gasteiger charge is -2.45. The van der Waals surface area contributed by atoms with E-state index in [-0.39, 0.29) is 0 Å². The summed E-state index contributed by atoms with van der Waals surface area (Å²) in [6.45, 7) is 0.203. The van der Waals surface area contributed by atoms with Crippen LogP contribution >= 0.6 is 0 Å². The van der Waals surface area contributed by atoms with E-state index in [1.54, 1.807) is 0 Å². The van der Waals surface area contributed by atoms with Crippen LogP contribution in [0.2, 0.25) is 0 Å². The summed E-state index contributed by atoms with van der Waals surface area (Å²) in [6.07, 6.45) is -23.4. The smallest absolute Gasteiger partial charge is 0.187 e. The van der Waals surface area contributed by atoms with E-state index in [4.69, 9.17) is 23.7 Å². The number of hydrogen-bond acceptors (Lipinski definition) is 15. The van der Waals surface area contributed by atoms with E-state index in [1.807, 2.05) is 0 Å². The Kier molecular flexibility index (Phi) is 8.99. The second-order valence-corrected chi connectivity index (χ2v) is 8.36. The number of aliphatic hydroxyl groups is 10. The van der Waals surface area contributed by atoms with Gasteiger partial charge in [-0.25, -0.2) is 0 Å². The van der Waals surface area contributed by atoms with Crippen molar-refractivity contribution < 1.29 is 74.7 Å². The van der Waals surface area contributed by atoms with E-state index in [2.05, 4.69) is 0 Å². The van der Waals surface area contributed by atoms with Crippen molar-refractivity contribution in [1.82, 2.24) is 0 Å². The van der Waals surface area contributed by atoms with Crippen molar-refractivity contribution in [2.75, 3.05) is 13.2 Å². The summed E-state index contributed by atoms with van der Waals surface area (Å²) in [5.74, 6) is 0. The normalized spacial score (nSPS) is 53.7. The molecule has 15 atom stereocenters. The maximum Gasteiger partial charge on any atom is 0.187 e. The van der Waals surface area contributed by atoms with Crippen LogP contribution in [0.4, 0.5) is 0 Å². The second kappa shape index (κ2) is 11.0. The van der Waals surface area contributed by atoms with Crippen LogP contribution in [0, 0.1) is 0 Å². The fourth-order valence-corrected chi connectivity index (χ4v) is 3.88. The molecule has 0 aromatic carbocycles. The van der Waals surface area contributed by atoms with Gasteiger partial charge in [-0.1, -0.05) is 0 Å². The van der Waals surface area contributed by atoms with Crippen LogP contribution < -0.4 is 0 Å². The number of ether oxygens (including phenoxy) is 5. The molecular formula is C18H32O15. The molecule has 0 aliphatic carbocycles. The van der Waals surface area contributed by atoms with Crippen LogP contribution in [0.25, 0.3) is 0 Å². The van der Waals surface area contributed by atoms with Crippen LogP contribution in [0.3, 0.4) is 0 Å². The van der Waals surface area contributed by atoms with E-state index in [9.17, 15) is 51.1 Å². The van der Waals surface area contributed by atoms with E-state index in [0.29, 0.717) is 0 Å². The van der Waals surface area contributed by atoms with Crippen molar-refractivity contribution in [3.05, 3.63) is 0 Å². The number of aliphatic hydroxyl groups excluding tert-OH is 10. The minimum atomic E-state index is -1.88. The summed E-state index contributed by atoms with van der Waals surface area (Å²) in [6, 6.07) is 0. The zero-order chi connectivity index (χ0) is 24.6. The van der Waals surface area contributed by atoms with E-state index in [1.165, 1.54) is 6.92 Å². The Balaban J connectivity index is 1.59.